The Balaban J connectivity index is 1.83. The maximum Gasteiger partial charge on any atom is 0.329 e. The zero-order valence-electron chi connectivity index (χ0n) is 14.6. The SMILES string of the molecule is COc1cccc(N2C(=O)N(c3ccccc3C)[C@@H]3CS(=O)(=O)C[C@H]32)c1. The number of rotatable bonds is 3. The smallest absolute Gasteiger partial charge is 0.329 e. The minimum absolute atomic E-state index is 0.0157. The van der Waals surface area contributed by atoms with Gasteiger partial charge in [0.05, 0.1) is 30.7 Å². The highest BCUT2D eigenvalue weighted by atomic mass is 32.2. The molecule has 2 saturated heterocycles. The molecule has 2 aliphatic rings. The summed E-state index contributed by atoms with van der Waals surface area (Å²) in [5, 5.41) is 0. The molecular formula is C19H20N2O4S. The summed E-state index contributed by atoms with van der Waals surface area (Å²) in [4.78, 5) is 16.5. The van der Waals surface area contributed by atoms with Crippen LogP contribution in [-0.4, -0.2) is 45.1 Å². The van der Waals surface area contributed by atoms with E-state index in [0.717, 1.165) is 11.3 Å². The van der Waals surface area contributed by atoms with Crippen LogP contribution in [0.3, 0.4) is 0 Å². The fourth-order valence-corrected chi connectivity index (χ4v) is 5.80. The molecule has 2 atom stereocenters. The van der Waals surface area contributed by atoms with Gasteiger partial charge in [-0.05, 0) is 30.7 Å². The Morgan fingerprint density at radius 3 is 2.38 bits per heavy atom. The summed E-state index contributed by atoms with van der Waals surface area (Å²) in [5.74, 6) is 0.586. The van der Waals surface area contributed by atoms with Crippen LogP contribution in [0.25, 0.3) is 0 Å². The summed E-state index contributed by atoms with van der Waals surface area (Å²) in [6, 6.07) is 13.7. The fraction of sp³-hybridized carbons (Fsp3) is 0.316. The Labute approximate surface area is 152 Å². The van der Waals surface area contributed by atoms with Gasteiger partial charge >= 0.3 is 6.03 Å². The summed E-state index contributed by atoms with van der Waals surface area (Å²) in [5.41, 5.74) is 2.35. The van der Waals surface area contributed by atoms with Crippen LogP contribution < -0.4 is 14.5 Å². The average molecular weight is 372 g/mol. The number of fused-ring (bicyclic) bond motifs is 1. The lowest BCUT2D eigenvalue weighted by atomic mass is 10.1. The molecule has 0 saturated carbocycles. The lowest BCUT2D eigenvalue weighted by Crippen LogP contribution is -2.38. The molecule has 6 nitrogen and oxygen atoms in total. The number of sulfone groups is 1. The molecule has 0 unspecified atom stereocenters. The molecule has 7 heteroatoms. The van der Waals surface area contributed by atoms with E-state index in [2.05, 4.69) is 0 Å². The third-order valence-corrected chi connectivity index (χ3v) is 6.77. The van der Waals surface area contributed by atoms with Crippen LogP contribution >= 0.6 is 0 Å². The summed E-state index contributed by atoms with van der Waals surface area (Å²) >= 11 is 0. The number of ether oxygens (including phenoxy) is 1. The number of urea groups is 1. The number of amides is 2. The highest BCUT2D eigenvalue weighted by molar-refractivity contribution is 7.91. The Hall–Kier alpha value is -2.54. The number of para-hydroxylation sites is 1. The Bertz CT molecular complexity index is 973. The van der Waals surface area contributed by atoms with E-state index < -0.39 is 15.9 Å². The molecule has 0 N–H and O–H groups in total. The van der Waals surface area contributed by atoms with Crippen LogP contribution in [0.4, 0.5) is 16.2 Å². The first-order chi connectivity index (χ1) is 12.4. The number of nitrogens with zero attached hydrogens (tertiary/aromatic N) is 2. The molecule has 0 aliphatic carbocycles. The summed E-state index contributed by atoms with van der Waals surface area (Å²) in [6.45, 7) is 1.93. The predicted molar refractivity (Wildman–Crippen MR) is 101 cm³/mol. The molecule has 136 valence electrons. The van der Waals surface area contributed by atoms with E-state index in [1.165, 1.54) is 0 Å². The normalized spacial score (nSPS) is 24.0. The molecule has 0 aromatic heterocycles. The van der Waals surface area contributed by atoms with Crippen LogP contribution in [-0.2, 0) is 9.84 Å². The van der Waals surface area contributed by atoms with Crippen molar-refractivity contribution in [2.24, 2.45) is 0 Å². The number of carbonyl (C=O) groups excluding carboxylic acids is 1. The second-order valence-electron chi connectivity index (χ2n) is 6.72. The van der Waals surface area contributed by atoms with Crippen molar-refractivity contribution >= 4 is 27.2 Å². The fourth-order valence-electron chi connectivity index (χ4n) is 3.88. The van der Waals surface area contributed by atoms with Gasteiger partial charge in [-0.3, -0.25) is 9.80 Å². The number of hydrogen-bond acceptors (Lipinski definition) is 4. The van der Waals surface area contributed by atoms with Gasteiger partial charge in [0.1, 0.15) is 5.75 Å². The van der Waals surface area contributed by atoms with Gasteiger partial charge in [-0.25, -0.2) is 13.2 Å². The van der Waals surface area contributed by atoms with Gasteiger partial charge in [0.25, 0.3) is 0 Å². The monoisotopic (exact) mass is 372 g/mol. The maximum atomic E-state index is 13.3. The largest absolute Gasteiger partial charge is 0.497 e. The maximum absolute atomic E-state index is 13.3. The first kappa shape index (κ1) is 16.9. The second kappa shape index (κ2) is 6.02. The van der Waals surface area contributed by atoms with Crippen molar-refractivity contribution in [1.82, 2.24) is 0 Å². The molecule has 0 bridgehead atoms. The van der Waals surface area contributed by atoms with Crippen molar-refractivity contribution in [3.05, 3.63) is 54.1 Å². The third-order valence-electron chi connectivity index (χ3n) is 5.08. The molecule has 2 aromatic rings. The number of hydrogen-bond donors (Lipinski definition) is 0. The molecule has 2 aromatic carbocycles. The van der Waals surface area contributed by atoms with Gasteiger partial charge in [-0.1, -0.05) is 24.3 Å². The number of anilines is 2. The Morgan fingerprint density at radius 1 is 1.00 bits per heavy atom. The van der Waals surface area contributed by atoms with Crippen molar-refractivity contribution in [3.63, 3.8) is 0 Å². The van der Waals surface area contributed by atoms with Crippen LogP contribution in [0, 0.1) is 6.92 Å². The van der Waals surface area contributed by atoms with Crippen LogP contribution in [0.15, 0.2) is 48.5 Å². The van der Waals surface area contributed by atoms with Gasteiger partial charge in [0.15, 0.2) is 9.84 Å². The van der Waals surface area contributed by atoms with Crippen molar-refractivity contribution in [1.29, 1.82) is 0 Å². The van der Waals surface area contributed by atoms with Crippen molar-refractivity contribution < 1.29 is 17.9 Å². The van der Waals surface area contributed by atoms with E-state index in [4.69, 9.17) is 4.74 Å². The van der Waals surface area contributed by atoms with E-state index in [-0.39, 0.29) is 23.6 Å². The molecule has 0 spiro atoms. The molecule has 4 rings (SSSR count). The van der Waals surface area contributed by atoms with E-state index in [1.807, 2.05) is 37.3 Å². The number of carbonyl (C=O) groups is 1. The predicted octanol–water partition coefficient (Wildman–Crippen LogP) is 2.62. The zero-order chi connectivity index (χ0) is 18.5. The van der Waals surface area contributed by atoms with E-state index in [9.17, 15) is 13.2 Å². The van der Waals surface area contributed by atoms with Crippen molar-refractivity contribution in [3.8, 4) is 5.75 Å². The number of benzene rings is 2. The van der Waals surface area contributed by atoms with Crippen molar-refractivity contribution in [2.45, 2.75) is 19.0 Å². The van der Waals surface area contributed by atoms with E-state index in [0.29, 0.717) is 11.4 Å². The minimum atomic E-state index is -3.21. The zero-order valence-corrected chi connectivity index (χ0v) is 15.4. The second-order valence-corrected chi connectivity index (χ2v) is 8.88. The lowest BCUT2D eigenvalue weighted by Gasteiger charge is -2.24. The topological polar surface area (TPSA) is 66.9 Å². The van der Waals surface area contributed by atoms with Crippen LogP contribution in [0.2, 0.25) is 0 Å². The summed E-state index contributed by atoms with van der Waals surface area (Å²) in [6.07, 6.45) is 0. The first-order valence-electron chi connectivity index (χ1n) is 8.44. The van der Waals surface area contributed by atoms with Gasteiger partial charge in [-0.2, -0.15) is 0 Å². The lowest BCUT2D eigenvalue weighted by molar-refractivity contribution is 0.255. The molecule has 0 radical (unpaired) electrons. The Morgan fingerprint density at radius 2 is 1.69 bits per heavy atom. The van der Waals surface area contributed by atoms with E-state index in [1.54, 1.807) is 35.1 Å². The minimum Gasteiger partial charge on any atom is -0.497 e. The third kappa shape index (κ3) is 2.63. The summed E-state index contributed by atoms with van der Waals surface area (Å²) in [7, 11) is -1.64. The number of methoxy groups -OCH3 is 1. The van der Waals surface area contributed by atoms with Gasteiger partial charge in [0, 0.05) is 17.4 Å². The van der Waals surface area contributed by atoms with Gasteiger partial charge in [-0.15, -0.1) is 0 Å². The molecule has 2 heterocycles. The summed E-state index contributed by atoms with van der Waals surface area (Å²) < 4.78 is 29.9. The van der Waals surface area contributed by atoms with Gasteiger partial charge in [0.2, 0.25) is 0 Å². The standard InChI is InChI=1S/C19H20N2O4S/c1-13-6-3-4-9-16(13)21-18-12-26(23,24)11-17(18)20(19(21)22)14-7-5-8-15(10-14)25-2/h3-10,17-18H,11-12H2,1-2H3/t17-,18-/m1/s1. The molecule has 2 aliphatic heterocycles. The first-order valence-corrected chi connectivity index (χ1v) is 10.3. The molecule has 26 heavy (non-hydrogen) atoms. The van der Waals surface area contributed by atoms with Crippen LogP contribution in [0.5, 0.6) is 5.75 Å². The molecular weight excluding hydrogens is 352 g/mol. The quantitative estimate of drug-likeness (QED) is 0.777. The molecule has 2 fully saturated rings. The Kier molecular flexibility index (Phi) is 3.91. The van der Waals surface area contributed by atoms with E-state index >= 15 is 0 Å². The highest BCUT2D eigenvalue weighted by Crippen LogP contribution is 2.39. The molecule has 2 amide bonds. The average Bonchev–Trinajstić information content (AvgIpc) is 3.04. The van der Waals surface area contributed by atoms with Gasteiger partial charge < -0.3 is 4.74 Å². The highest BCUT2D eigenvalue weighted by Gasteiger charge is 2.54. The van der Waals surface area contributed by atoms with Crippen LogP contribution in [0.1, 0.15) is 5.56 Å². The van der Waals surface area contributed by atoms with Crippen molar-refractivity contribution in [2.75, 3.05) is 28.4 Å². The number of aryl methyl sites for hydroxylation is 1.